The fraction of sp³-hybridized carbons (Fsp3) is 1.00. The van der Waals surface area contributed by atoms with Gasteiger partial charge in [-0.1, -0.05) is 0 Å². The molecule has 24 valence electrons. The molecule has 0 unspecified atom stereocenters. The normalized spacial score (nSPS) is 7.50. The van der Waals surface area contributed by atoms with Crippen LogP contribution in [0.1, 0.15) is 13.3 Å². The molecular weight excluding hydrogens is 111 g/mol. The first kappa shape index (κ1) is 4.56. The van der Waals surface area contributed by atoms with Crippen molar-refractivity contribution in [3.63, 3.8) is 0 Å². The van der Waals surface area contributed by atoms with Gasteiger partial charge in [-0.15, -0.1) is 0 Å². The Morgan fingerprint density at radius 1 is 1.75 bits per heavy atom. The molecule has 0 amide bonds. The molecule has 0 fully saturated rings. The van der Waals surface area contributed by atoms with Crippen molar-refractivity contribution >= 4 is 16.9 Å². The zero-order valence-corrected chi connectivity index (χ0v) is 4.74. The minimum atomic E-state index is 1.26. The van der Waals surface area contributed by atoms with E-state index in [-0.39, 0.29) is 0 Å². The molecule has 0 bridgehead atoms. The van der Waals surface area contributed by atoms with Gasteiger partial charge < -0.3 is 0 Å². The summed E-state index contributed by atoms with van der Waals surface area (Å²) >= 11 is 2.54. The van der Waals surface area contributed by atoms with E-state index in [0.717, 1.165) is 0 Å². The summed E-state index contributed by atoms with van der Waals surface area (Å²) in [6, 6.07) is 0. The van der Waals surface area contributed by atoms with Gasteiger partial charge in [-0.2, -0.15) is 0 Å². The van der Waals surface area contributed by atoms with Crippen molar-refractivity contribution in [3.05, 3.63) is 0 Å². The van der Waals surface area contributed by atoms with Crippen molar-refractivity contribution in [2.24, 2.45) is 0 Å². The van der Waals surface area contributed by atoms with Crippen LogP contribution in [0.3, 0.4) is 0 Å². The summed E-state index contributed by atoms with van der Waals surface area (Å²) in [6.45, 7) is 2.16. The summed E-state index contributed by atoms with van der Waals surface area (Å²) in [4.78, 5) is 0. The van der Waals surface area contributed by atoms with Gasteiger partial charge in [0.05, 0.1) is 0 Å². The van der Waals surface area contributed by atoms with E-state index in [4.69, 9.17) is 0 Å². The van der Waals surface area contributed by atoms with Crippen molar-refractivity contribution in [2.75, 3.05) is 0 Å². The molecule has 2 radical (unpaired) electrons. The van der Waals surface area contributed by atoms with Crippen LogP contribution in [-0.2, 0) is 0 Å². The van der Waals surface area contributed by atoms with Crippen LogP contribution < -0.4 is 0 Å². The molecular formula is C3H7As. The molecule has 0 aliphatic heterocycles. The van der Waals surface area contributed by atoms with Crippen LogP contribution in [0.25, 0.3) is 0 Å². The zero-order chi connectivity index (χ0) is 3.41. The molecule has 1 heteroatoms. The van der Waals surface area contributed by atoms with Gasteiger partial charge in [0.25, 0.3) is 0 Å². The average molecular weight is 118 g/mol. The van der Waals surface area contributed by atoms with Gasteiger partial charge in [0, 0.05) is 0 Å². The number of rotatable bonds is 1. The predicted octanol–water partition coefficient (Wildman–Crippen LogP) is 0.983. The van der Waals surface area contributed by atoms with Crippen LogP contribution in [0.4, 0.5) is 0 Å². The second-order valence-electron chi connectivity index (χ2n) is 0.724. The van der Waals surface area contributed by atoms with Crippen molar-refractivity contribution in [1.82, 2.24) is 0 Å². The van der Waals surface area contributed by atoms with Crippen LogP contribution >= 0.6 is 0 Å². The predicted molar refractivity (Wildman–Crippen MR) is 20.9 cm³/mol. The van der Waals surface area contributed by atoms with Crippen LogP contribution in [0.5, 0.6) is 0 Å². The third-order valence-electron chi connectivity index (χ3n) is 0.224. The summed E-state index contributed by atoms with van der Waals surface area (Å²) in [6.07, 6.45) is 1.29. The monoisotopic (exact) mass is 118 g/mol. The Bertz CT molecular complexity index is 5.25. The van der Waals surface area contributed by atoms with E-state index >= 15 is 0 Å². The maximum atomic E-state index is 2.54. The van der Waals surface area contributed by atoms with Gasteiger partial charge in [-0.05, 0) is 0 Å². The van der Waals surface area contributed by atoms with Gasteiger partial charge in [-0.3, -0.25) is 0 Å². The SMILES string of the molecule is CCC[As]. The molecule has 0 N–H and O–H groups in total. The first-order valence-electron chi connectivity index (χ1n) is 1.52. The Kier molecular flexibility index (Phi) is 4.06. The summed E-state index contributed by atoms with van der Waals surface area (Å²) in [5, 5.41) is 1.26. The average Bonchev–Trinajstić information content (AvgIpc) is 1.37. The van der Waals surface area contributed by atoms with Crippen molar-refractivity contribution < 1.29 is 0 Å². The number of hydrogen-bond donors (Lipinski definition) is 0. The van der Waals surface area contributed by atoms with E-state index in [9.17, 15) is 0 Å². The first-order valence-corrected chi connectivity index (χ1v) is 2.85. The maximum absolute atomic E-state index is 2.54. The first-order chi connectivity index (χ1) is 1.91. The minimum absolute atomic E-state index is 1.26. The standard InChI is InChI=1S/C3H7As/c1-2-3-4/h2-3H2,1H3. The molecule has 0 spiro atoms. The van der Waals surface area contributed by atoms with Gasteiger partial charge in [0.1, 0.15) is 0 Å². The second-order valence-corrected chi connectivity index (χ2v) is 1.66. The molecule has 0 aliphatic rings. The molecule has 0 aliphatic carbocycles. The molecule has 0 aromatic heterocycles. The van der Waals surface area contributed by atoms with E-state index in [0.29, 0.717) is 0 Å². The summed E-state index contributed by atoms with van der Waals surface area (Å²) in [5.41, 5.74) is 0. The Morgan fingerprint density at radius 2 is 2.00 bits per heavy atom. The summed E-state index contributed by atoms with van der Waals surface area (Å²) < 4.78 is 0. The molecule has 0 heterocycles. The van der Waals surface area contributed by atoms with Gasteiger partial charge in [0.15, 0.2) is 0 Å². The molecule has 0 nitrogen and oxygen atoms in total. The Morgan fingerprint density at radius 3 is 2.00 bits per heavy atom. The van der Waals surface area contributed by atoms with Gasteiger partial charge >= 0.3 is 35.4 Å². The van der Waals surface area contributed by atoms with Crippen molar-refractivity contribution in [3.8, 4) is 0 Å². The fourth-order valence-corrected chi connectivity index (χ4v) is 0. The topological polar surface area (TPSA) is 0 Å². The Labute approximate surface area is 36.1 Å². The molecule has 0 saturated heterocycles. The molecule has 4 heavy (non-hydrogen) atoms. The van der Waals surface area contributed by atoms with E-state index in [1.165, 1.54) is 11.6 Å². The molecule has 0 atom stereocenters. The third kappa shape index (κ3) is 2.56. The van der Waals surface area contributed by atoms with Crippen molar-refractivity contribution in [1.29, 1.82) is 0 Å². The van der Waals surface area contributed by atoms with E-state index in [1.54, 1.807) is 0 Å². The van der Waals surface area contributed by atoms with Gasteiger partial charge in [-0.25, -0.2) is 0 Å². The number of hydrogen-bond acceptors (Lipinski definition) is 0. The molecule has 0 saturated carbocycles. The van der Waals surface area contributed by atoms with Gasteiger partial charge in [0.2, 0.25) is 0 Å². The molecule has 0 aromatic carbocycles. The van der Waals surface area contributed by atoms with Crippen LogP contribution in [0.2, 0.25) is 5.21 Å². The van der Waals surface area contributed by atoms with Crippen LogP contribution in [-0.4, -0.2) is 16.9 Å². The van der Waals surface area contributed by atoms with E-state index < -0.39 is 0 Å². The third-order valence-corrected chi connectivity index (χ3v) is 1.16. The molecule has 0 aromatic rings. The molecule has 0 rings (SSSR count). The van der Waals surface area contributed by atoms with Crippen LogP contribution in [0.15, 0.2) is 0 Å². The Hall–Kier alpha value is 0.558. The van der Waals surface area contributed by atoms with E-state index in [1.807, 2.05) is 0 Å². The summed E-state index contributed by atoms with van der Waals surface area (Å²) in [5.74, 6) is 0. The quantitative estimate of drug-likeness (QED) is 0.450. The van der Waals surface area contributed by atoms with Crippen molar-refractivity contribution in [2.45, 2.75) is 18.6 Å². The zero-order valence-electron chi connectivity index (χ0n) is 2.86. The second kappa shape index (κ2) is 3.56. The Balaban J connectivity index is 1.97. The van der Waals surface area contributed by atoms with E-state index in [2.05, 4.69) is 23.8 Å². The fourth-order valence-electron chi connectivity index (χ4n) is 0. The van der Waals surface area contributed by atoms with Crippen LogP contribution in [0, 0.1) is 0 Å². The summed E-state index contributed by atoms with van der Waals surface area (Å²) in [7, 11) is 0.